The fraction of sp³-hybridized carbons (Fsp3) is 0.333. The maximum Gasteiger partial charge on any atom is 0.322 e. The van der Waals surface area contributed by atoms with Crippen LogP contribution in [0, 0.1) is 5.82 Å². The zero-order chi connectivity index (χ0) is 15.1. The fourth-order valence-electron chi connectivity index (χ4n) is 2.78. The molecule has 21 heavy (non-hydrogen) atoms. The standard InChI is InChI=1S/C15H16FN3O2/c1-3-19-8-11-12(14(19)20)13(17-15(21)18(11)2)9-4-6-10(16)7-5-9/h4-7,13H,3,8H2,1-2H3,(H,17,21). The van der Waals surface area contributed by atoms with Gasteiger partial charge in [-0.3, -0.25) is 9.69 Å². The smallest absolute Gasteiger partial charge is 0.322 e. The Morgan fingerprint density at radius 3 is 2.57 bits per heavy atom. The van der Waals surface area contributed by atoms with Crippen LogP contribution in [-0.4, -0.2) is 41.9 Å². The second-order valence-electron chi connectivity index (χ2n) is 5.17. The maximum absolute atomic E-state index is 13.1. The number of halogens is 1. The normalized spacial score (nSPS) is 21.8. The zero-order valence-corrected chi connectivity index (χ0v) is 11.9. The lowest BCUT2D eigenvalue weighted by molar-refractivity contribution is -0.125. The van der Waals surface area contributed by atoms with E-state index in [1.54, 1.807) is 24.1 Å². The van der Waals surface area contributed by atoms with Gasteiger partial charge in [0.05, 0.1) is 23.9 Å². The minimum Gasteiger partial charge on any atom is -0.333 e. The summed E-state index contributed by atoms with van der Waals surface area (Å²) in [6.07, 6.45) is 0. The molecule has 0 saturated carbocycles. The van der Waals surface area contributed by atoms with Crippen LogP contribution in [0.5, 0.6) is 0 Å². The van der Waals surface area contributed by atoms with Crippen molar-refractivity contribution < 1.29 is 14.0 Å². The first-order valence-corrected chi connectivity index (χ1v) is 6.85. The predicted octanol–water partition coefficient (Wildman–Crippen LogP) is 1.64. The molecule has 1 aromatic carbocycles. The first-order chi connectivity index (χ1) is 10.0. The van der Waals surface area contributed by atoms with E-state index in [0.29, 0.717) is 24.2 Å². The van der Waals surface area contributed by atoms with Gasteiger partial charge < -0.3 is 10.2 Å². The molecule has 3 amide bonds. The molecule has 0 bridgehead atoms. The number of rotatable bonds is 2. The molecular weight excluding hydrogens is 273 g/mol. The second kappa shape index (κ2) is 4.87. The van der Waals surface area contributed by atoms with Crippen molar-refractivity contribution in [2.24, 2.45) is 0 Å². The molecule has 0 fully saturated rings. The Morgan fingerprint density at radius 1 is 1.29 bits per heavy atom. The van der Waals surface area contributed by atoms with Gasteiger partial charge >= 0.3 is 6.03 Å². The number of hydrogen-bond donors (Lipinski definition) is 1. The summed E-state index contributed by atoms with van der Waals surface area (Å²) >= 11 is 0. The Morgan fingerprint density at radius 2 is 1.95 bits per heavy atom. The molecule has 0 saturated heterocycles. The number of amides is 3. The summed E-state index contributed by atoms with van der Waals surface area (Å²) in [6.45, 7) is 2.93. The predicted molar refractivity (Wildman–Crippen MR) is 74.7 cm³/mol. The number of carbonyl (C=O) groups excluding carboxylic acids is 2. The average molecular weight is 289 g/mol. The van der Waals surface area contributed by atoms with Crippen molar-refractivity contribution in [2.75, 3.05) is 20.1 Å². The van der Waals surface area contributed by atoms with E-state index in [2.05, 4.69) is 5.32 Å². The summed E-state index contributed by atoms with van der Waals surface area (Å²) < 4.78 is 13.1. The third-order valence-electron chi connectivity index (χ3n) is 4.02. The summed E-state index contributed by atoms with van der Waals surface area (Å²) in [5.74, 6) is -0.422. The third kappa shape index (κ3) is 2.07. The molecule has 1 N–H and O–H groups in total. The molecule has 5 nitrogen and oxygen atoms in total. The minimum atomic E-state index is -0.520. The highest BCUT2D eigenvalue weighted by atomic mass is 19.1. The molecule has 3 rings (SSSR count). The Bertz CT molecular complexity index is 639. The summed E-state index contributed by atoms with van der Waals surface area (Å²) in [5.41, 5.74) is 2.00. The van der Waals surface area contributed by atoms with Crippen molar-refractivity contribution in [2.45, 2.75) is 13.0 Å². The zero-order valence-electron chi connectivity index (χ0n) is 11.9. The lowest BCUT2D eigenvalue weighted by Crippen LogP contribution is -2.45. The van der Waals surface area contributed by atoms with E-state index in [9.17, 15) is 14.0 Å². The lowest BCUT2D eigenvalue weighted by Gasteiger charge is -2.31. The molecule has 6 heteroatoms. The van der Waals surface area contributed by atoms with E-state index < -0.39 is 6.04 Å². The number of carbonyl (C=O) groups is 2. The number of urea groups is 1. The molecule has 2 aliphatic heterocycles. The molecule has 0 aromatic heterocycles. The van der Waals surface area contributed by atoms with E-state index in [0.717, 1.165) is 5.70 Å². The molecule has 1 atom stereocenters. The van der Waals surface area contributed by atoms with Crippen molar-refractivity contribution in [3.05, 3.63) is 46.9 Å². The molecule has 1 unspecified atom stereocenters. The first kappa shape index (κ1) is 13.6. The van der Waals surface area contributed by atoms with E-state index in [1.165, 1.54) is 17.0 Å². The molecule has 110 valence electrons. The highest BCUT2D eigenvalue weighted by Gasteiger charge is 2.42. The Kier molecular flexibility index (Phi) is 3.16. The first-order valence-electron chi connectivity index (χ1n) is 6.85. The van der Waals surface area contributed by atoms with Crippen LogP contribution in [0.4, 0.5) is 9.18 Å². The monoisotopic (exact) mass is 289 g/mol. The fourth-order valence-corrected chi connectivity index (χ4v) is 2.78. The Balaban J connectivity index is 2.06. The molecule has 1 aromatic rings. The van der Waals surface area contributed by atoms with Gasteiger partial charge in [-0.05, 0) is 24.6 Å². The van der Waals surface area contributed by atoms with Gasteiger partial charge in [-0.15, -0.1) is 0 Å². The highest BCUT2D eigenvalue weighted by molar-refractivity contribution is 6.01. The molecule has 0 radical (unpaired) electrons. The maximum atomic E-state index is 13.1. The summed E-state index contributed by atoms with van der Waals surface area (Å²) in [7, 11) is 1.65. The van der Waals surface area contributed by atoms with Crippen LogP contribution in [0.15, 0.2) is 35.5 Å². The van der Waals surface area contributed by atoms with Crippen LogP contribution < -0.4 is 5.32 Å². The molecular formula is C15H16FN3O2. The van der Waals surface area contributed by atoms with E-state index in [4.69, 9.17) is 0 Å². The van der Waals surface area contributed by atoms with Crippen molar-refractivity contribution in [3.63, 3.8) is 0 Å². The highest BCUT2D eigenvalue weighted by Crippen LogP contribution is 2.35. The SMILES string of the molecule is CCN1CC2=C(C1=O)C(c1ccc(F)cc1)NC(=O)N2C. The van der Waals surface area contributed by atoms with E-state index in [1.807, 2.05) is 6.92 Å². The van der Waals surface area contributed by atoms with Crippen LogP contribution in [0.2, 0.25) is 0 Å². The van der Waals surface area contributed by atoms with Gasteiger partial charge in [0, 0.05) is 13.6 Å². The van der Waals surface area contributed by atoms with Crippen LogP contribution >= 0.6 is 0 Å². The largest absolute Gasteiger partial charge is 0.333 e. The summed E-state index contributed by atoms with van der Waals surface area (Å²) in [5, 5.41) is 2.81. The van der Waals surface area contributed by atoms with Crippen LogP contribution in [0.1, 0.15) is 18.5 Å². The summed E-state index contributed by atoms with van der Waals surface area (Å²) in [4.78, 5) is 27.7. The van der Waals surface area contributed by atoms with Crippen LogP contribution in [-0.2, 0) is 4.79 Å². The topological polar surface area (TPSA) is 52.7 Å². The van der Waals surface area contributed by atoms with Crippen molar-refractivity contribution in [3.8, 4) is 0 Å². The van der Waals surface area contributed by atoms with Gasteiger partial charge in [-0.2, -0.15) is 0 Å². The number of benzene rings is 1. The van der Waals surface area contributed by atoms with Gasteiger partial charge in [0.15, 0.2) is 0 Å². The molecule has 2 aliphatic rings. The molecule has 0 aliphatic carbocycles. The molecule has 2 heterocycles. The molecule has 0 spiro atoms. The average Bonchev–Trinajstić information content (AvgIpc) is 2.81. The van der Waals surface area contributed by atoms with Gasteiger partial charge in [-0.25, -0.2) is 9.18 Å². The Hall–Kier alpha value is -2.37. The van der Waals surface area contributed by atoms with E-state index in [-0.39, 0.29) is 17.8 Å². The van der Waals surface area contributed by atoms with Crippen molar-refractivity contribution >= 4 is 11.9 Å². The third-order valence-corrected chi connectivity index (χ3v) is 4.02. The second-order valence-corrected chi connectivity index (χ2v) is 5.17. The number of nitrogens with one attached hydrogen (secondary N) is 1. The Labute approximate surface area is 122 Å². The van der Waals surface area contributed by atoms with Gasteiger partial charge in [-0.1, -0.05) is 12.1 Å². The van der Waals surface area contributed by atoms with Crippen molar-refractivity contribution in [1.29, 1.82) is 0 Å². The number of likely N-dealkylation sites (N-methyl/N-ethyl adjacent to an activating group) is 2. The number of nitrogens with zero attached hydrogens (tertiary/aromatic N) is 2. The lowest BCUT2D eigenvalue weighted by atomic mass is 9.96. The summed E-state index contributed by atoms with van der Waals surface area (Å²) in [6, 6.07) is 5.08. The van der Waals surface area contributed by atoms with Crippen LogP contribution in [0.25, 0.3) is 0 Å². The van der Waals surface area contributed by atoms with Crippen LogP contribution in [0.3, 0.4) is 0 Å². The van der Waals surface area contributed by atoms with Crippen molar-refractivity contribution in [1.82, 2.24) is 15.1 Å². The number of hydrogen-bond acceptors (Lipinski definition) is 2. The minimum absolute atomic E-state index is 0.0753. The van der Waals surface area contributed by atoms with E-state index >= 15 is 0 Å². The van der Waals surface area contributed by atoms with Gasteiger partial charge in [0.1, 0.15) is 5.82 Å². The van der Waals surface area contributed by atoms with Gasteiger partial charge in [0.2, 0.25) is 0 Å². The quantitative estimate of drug-likeness (QED) is 0.900. The van der Waals surface area contributed by atoms with Gasteiger partial charge in [0.25, 0.3) is 5.91 Å².